The molecule has 1 aromatic rings. The molecule has 3 heterocycles. The van der Waals surface area contributed by atoms with Crippen LogP contribution in [-0.4, -0.2) is 30.7 Å². The van der Waals surface area contributed by atoms with Crippen LogP contribution < -0.4 is 10.2 Å². The van der Waals surface area contributed by atoms with Crippen LogP contribution in [0.3, 0.4) is 0 Å². The summed E-state index contributed by atoms with van der Waals surface area (Å²) in [6, 6.07) is 17.6. The molecule has 1 atom stereocenters. The zero-order valence-electron chi connectivity index (χ0n) is 16.2. The van der Waals surface area contributed by atoms with Crippen LogP contribution in [0.4, 0.5) is 5.69 Å². The molecule has 5 rings (SSSR count). The number of piperazine rings is 1. The van der Waals surface area contributed by atoms with Crippen molar-refractivity contribution in [2.45, 2.75) is 25.1 Å². The number of nitrogens with one attached hydrogen (secondary N) is 1. The lowest BCUT2D eigenvalue weighted by molar-refractivity contribution is 0.455. The van der Waals surface area contributed by atoms with Crippen molar-refractivity contribution < 1.29 is 0 Å². The van der Waals surface area contributed by atoms with E-state index in [4.69, 9.17) is 4.98 Å². The molecule has 4 aliphatic rings. The van der Waals surface area contributed by atoms with Crippen LogP contribution in [0.25, 0.3) is 17.3 Å². The van der Waals surface area contributed by atoms with Gasteiger partial charge in [-0.2, -0.15) is 0 Å². The summed E-state index contributed by atoms with van der Waals surface area (Å²) in [6.07, 6.45) is 5.36. The number of allylic oxidation sites excluding steroid dienone is 1. The summed E-state index contributed by atoms with van der Waals surface area (Å²) in [4.78, 5) is 8.82. The number of nitrogens with zero attached hydrogens (tertiary/aromatic N) is 2. The predicted octanol–water partition coefficient (Wildman–Crippen LogP) is 4.81. The minimum absolute atomic E-state index is 0.456. The van der Waals surface area contributed by atoms with Gasteiger partial charge in [0.2, 0.25) is 0 Å². The fourth-order valence-corrected chi connectivity index (χ4v) is 5.33. The van der Waals surface area contributed by atoms with Crippen LogP contribution in [0, 0.1) is 0 Å². The quantitative estimate of drug-likeness (QED) is 0.698. The Morgan fingerprint density at radius 1 is 1.14 bits per heavy atom. The molecule has 28 heavy (non-hydrogen) atoms. The molecule has 0 amide bonds. The minimum Gasteiger partial charge on any atom is -0.366 e. The van der Waals surface area contributed by atoms with E-state index >= 15 is 0 Å². The van der Waals surface area contributed by atoms with Crippen LogP contribution >= 0.6 is 11.8 Å². The molecular formula is C24H25N3S. The highest BCUT2D eigenvalue weighted by Gasteiger charge is 2.30. The molecule has 0 bridgehead atoms. The summed E-state index contributed by atoms with van der Waals surface area (Å²) in [5.41, 5.74) is 8.03. The molecule has 142 valence electrons. The van der Waals surface area contributed by atoms with Gasteiger partial charge in [0, 0.05) is 48.8 Å². The number of aromatic nitrogens is 1. The summed E-state index contributed by atoms with van der Waals surface area (Å²) in [7, 11) is 0. The summed E-state index contributed by atoms with van der Waals surface area (Å²) < 4.78 is 0. The SMILES string of the molecule is CC1=Cc2c(c3ccccnc-3c2N2CCNC(Cc3ccccc3)C2)CS1. The number of benzene rings is 1. The molecule has 0 spiro atoms. The van der Waals surface area contributed by atoms with Gasteiger partial charge in [0.1, 0.15) is 0 Å². The van der Waals surface area contributed by atoms with Gasteiger partial charge in [-0.3, -0.25) is 4.98 Å². The van der Waals surface area contributed by atoms with Crippen molar-refractivity contribution in [2.24, 2.45) is 0 Å². The molecule has 0 aromatic heterocycles. The first-order valence-corrected chi connectivity index (χ1v) is 11.0. The third-order valence-electron chi connectivity index (χ3n) is 5.74. The first kappa shape index (κ1) is 17.8. The Kier molecular flexibility index (Phi) is 4.83. The second-order valence-corrected chi connectivity index (χ2v) is 8.88. The van der Waals surface area contributed by atoms with Crippen molar-refractivity contribution >= 4 is 23.5 Å². The van der Waals surface area contributed by atoms with Crippen molar-refractivity contribution in [1.82, 2.24) is 10.3 Å². The Morgan fingerprint density at radius 3 is 2.89 bits per heavy atom. The molecule has 0 saturated carbocycles. The molecule has 0 radical (unpaired) electrons. The molecule has 1 saturated heterocycles. The maximum Gasteiger partial charge on any atom is 0.0944 e. The molecule has 1 N–H and O–H groups in total. The lowest BCUT2D eigenvalue weighted by Crippen LogP contribution is -2.51. The standard InChI is InChI=1S/C24H25N3S/c1-17-13-21-22(16-28-17)20-9-5-6-10-26-23(20)24(21)27-12-11-25-19(15-27)14-18-7-3-2-4-8-18/h2-10,13,19,25H,11-12,14-16H2,1H3. The molecular weight excluding hydrogens is 362 g/mol. The molecule has 1 aliphatic carbocycles. The average molecular weight is 388 g/mol. The van der Waals surface area contributed by atoms with Crippen molar-refractivity contribution in [3.8, 4) is 11.3 Å². The number of thioether (sulfide) groups is 1. The van der Waals surface area contributed by atoms with E-state index in [0.29, 0.717) is 6.04 Å². The highest BCUT2D eigenvalue weighted by atomic mass is 32.2. The Balaban J connectivity index is 1.52. The fraction of sp³-hybridized carbons (Fsp3) is 0.292. The van der Waals surface area contributed by atoms with Gasteiger partial charge in [-0.15, -0.1) is 11.8 Å². The molecule has 3 aliphatic heterocycles. The monoisotopic (exact) mass is 387 g/mol. The predicted molar refractivity (Wildman–Crippen MR) is 120 cm³/mol. The van der Waals surface area contributed by atoms with Crippen LogP contribution in [0.1, 0.15) is 23.6 Å². The number of fused-ring (bicyclic) bond motifs is 3. The van der Waals surface area contributed by atoms with Gasteiger partial charge < -0.3 is 10.2 Å². The van der Waals surface area contributed by atoms with Gasteiger partial charge >= 0.3 is 0 Å². The molecule has 4 heteroatoms. The van der Waals surface area contributed by atoms with Gasteiger partial charge in [-0.1, -0.05) is 42.5 Å². The lowest BCUT2D eigenvalue weighted by atomic mass is 10.0. The Labute approximate surface area is 171 Å². The minimum atomic E-state index is 0.456. The zero-order chi connectivity index (χ0) is 18.9. The van der Waals surface area contributed by atoms with Gasteiger partial charge in [0.05, 0.1) is 11.4 Å². The Bertz CT molecular complexity index is 982. The molecule has 1 fully saturated rings. The maximum atomic E-state index is 4.86. The number of hydrogen-bond acceptors (Lipinski definition) is 4. The third-order valence-corrected chi connectivity index (χ3v) is 6.74. The molecule has 1 unspecified atom stereocenters. The van der Waals surface area contributed by atoms with E-state index in [-0.39, 0.29) is 0 Å². The zero-order valence-corrected chi connectivity index (χ0v) is 17.0. The largest absolute Gasteiger partial charge is 0.366 e. The van der Waals surface area contributed by atoms with E-state index in [1.807, 2.05) is 24.0 Å². The van der Waals surface area contributed by atoms with Gasteiger partial charge in [-0.05, 0) is 41.5 Å². The van der Waals surface area contributed by atoms with Gasteiger partial charge in [-0.25, -0.2) is 0 Å². The van der Waals surface area contributed by atoms with Gasteiger partial charge in [0.15, 0.2) is 0 Å². The van der Waals surface area contributed by atoms with Crippen LogP contribution in [-0.2, 0) is 12.2 Å². The molecule has 1 aromatic carbocycles. The van der Waals surface area contributed by atoms with Crippen molar-refractivity contribution in [2.75, 3.05) is 24.5 Å². The summed E-state index contributed by atoms with van der Waals surface area (Å²) in [5.74, 6) is 1.04. The highest BCUT2D eigenvalue weighted by molar-refractivity contribution is 8.02. The smallest absolute Gasteiger partial charge is 0.0944 e. The van der Waals surface area contributed by atoms with Crippen molar-refractivity contribution in [1.29, 1.82) is 0 Å². The van der Waals surface area contributed by atoms with E-state index in [2.05, 4.69) is 65.7 Å². The van der Waals surface area contributed by atoms with Gasteiger partial charge in [0.25, 0.3) is 0 Å². The van der Waals surface area contributed by atoms with E-state index < -0.39 is 0 Å². The van der Waals surface area contributed by atoms with E-state index in [0.717, 1.165) is 37.5 Å². The molecule has 3 nitrogen and oxygen atoms in total. The van der Waals surface area contributed by atoms with E-state index in [1.54, 1.807) is 0 Å². The second-order valence-electron chi connectivity index (χ2n) is 7.66. The second kappa shape index (κ2) is 7.61. The third kappa shape index (κ3) is 3.31. The van der Waals surface area contributed by atoms with Crippen molar-refractivity contribution in [3.05, 3.63) is 76.3 Å². The first-order valence-electron chi connectivity index (χ1n) is 10.0. The topological polar surface area (TPSA) is 28.2 Å². The van der Waals surface area contributed by atoms with Crippen LogP contribution in [0.2, 0.25) is 0 Å². The first-order chi connectivity index (χ1) is 13.8. The Hall–Kier alpha value is -2.30. The number of hydrogen-bond donors (Lipinski definition) is 1. The normalized spacial score (nSPS) is 19.4. The Morgan fingerprint density at radius 2 is 2.00 bits per heavy atom. The fourth-order valence-electron chi connectivity index (χ4n) is 4.44. The van der Waals surface area contributed by atoms with E-state index in [9.17, 15) is 0 Å². The maximum absolute atomic E-state index is 4.86. The lowest BCUT2D eigenvalue weighted by Gasteiger charge is -2.36. The van der Waals surface area contributed by atoms with Crippen LogP contribution in [0.5, 0.6) is 0 Å². The van der Waals surface area contributed by atoms with E-state index in [1.165, 1.54) is 32.8 Å². The summed E-state index contributed by atoms with van der Waals surface area (Å²) >= 11 is 1.94. The van der Waals surface area contributed by atoms with Crippen molar-refractivity contribution in [3.63, 3.8) is 0 Å². The summed E-state index contributed by atoms with van der Waals surface area (Å²) in [6.45, 7) is 5.27. The number of rotatable bonds is 3. The number of anilines is 1. The average Bonchev–Trinajstić information content (AvgIpc) is 2.85. The highest BCUT2D eigenvalue weighted by Crippen LogP contribution is 2.47. The van der Waals surface area contributed by atoms with Crippen LogP contribution in [0.15, 0.2) is 59.6 Å². The summed E-state index contributed by atoms with van der Waals surface area (Å²) in [5, 5.41) is 3.72.